The smallest absolute Gasteiger partial charge is 0.309 e. The van der Waals surface area contributed by atoms with Crippen molar-refractivity contribution in [3.63, 3.8) is 0 Å². The van der Waals surface area contributed by atoms with E-state index in [0.717, 1.165) is 25.7 Å². The minimum Gasteiger partial charge on any atom is -0.481 e. The van der Waals surface area contributed by atoms with E-state index in [-0.39, 0.29) is 5.41 Å². The largest absolute Gasteiger partial charge is 0.481 e. The molecule has 0 saturated heterocycles. The Kier molecular flexibility index (Phi) is 5.51. The molecule has 0 aromatic heterocycles. The predicted octanol–water partition coefficient (Wildman–Crippen LogP) is 4.34. The maximum absolute atomic E-state index is 11.4. The van der Waals surface area contributed by atoms with Gasteiger partial charge in [-0.3, -0.25) is 4.79 Å². The quantitative estimate of drug-likeness (QED) is 0.734. The third-order valence-electron chi connectivity index (χ3n) is 3.51. The van der Waals surface area contributed by atoms with E-state index >= 15 is 0 Å². The Morgan fingerprint density at radius 3 is 1.81 bits per heavy atom. The lowest BCUT2D eigenvalue weighted by molar-refractivity contribution is -0.150. The van der Waals surface area contributed by atoms with E-state index in [9.17, 15) is 9.90 Å². The summed E-state index contributed by atoms with van der Waals surface area (Å²) >= 11 is 0. The normalized spacial score (nSPS) is 14.9. The molecule has 0 bridgehead atoms. The highest BCUT2D eigenvalue weighted by atomic mass is 16.4. The lowest BCUT2D eigenvalue weighted by atomic mass is 9.72. The summed E-state index contributed by atoms with van der Waals surface area (Å²) in [6.07, 6.45) is 3.34. The van der Waals surface area contributed by atoms with Crippen LogP contribution in [0.1, 0.15) is 67.2 Å². The van der Waals surface area contributed by atoms with Crippen LogP contribution in [0.4, 0.5) is 0 Å². The molecule has 1 unspecified atom stereocenters. The molecule has 0 aliphatic carbocycles. The van der Waals surface area contributed by atoms with Gasteiger partial charge in [-0.05, 0) is 37.0 Å². The van der Waals surface area contributed by atoms with Crippen LogP contribution in [0, 0.1) is 16.7 Å². The first-order valence-corrected chi connectivity index (χ1v) is 6.40. The SMILES string of the molecule is CCC(CC)(CC(C)CC(C)(C)C)C(=O)O. The molecule has 96 valence electrons. The average Bonchev–Trinajstić information content (AvgIpc) is 2.10. The van der Waals surface area contributed by atoms with E-state index in [1.54, 1.807) is 0 Å². The first kappa shape index (κ1) is 15.5. The van der Waals surface area contributed by atoms with Crippen LogP contribution in [0.3, 0.4) is 0 Å². The minimum absolute atomic E-state index is 0.283. The van der Waals surface area contributed by atoms with Gasteiger partial charge in [0.1, 0.15) is 0 Å². The molecule has 2 heteroatoms. The molecule has 0 aliphatic rings. The second-order valence-corrected chi connectivity index (χ2v) is 6.37. The lowest BCUT2D eigenvalue weighted by Gasteiger charge is -2.32. The zero-order chi connectivity index (χ0) is 13.0. The molecule has 1 atom stereocenters. The highest BCUT2D eigenvalue weighted by Gasteiger charge is 2.36. The summed E-state index contributed by atoms with van der Waals surface area (Å²) in [5, 5.41) is 9.37. The number of carbonyl (C=O) groups is 1. The summed E-state index contributed by atoms with van der Waals surface area (Å²) in [5.74, 6) is -0.158. The predicted molar refractivity (Wildman–Crippen MR) is 68.5 cm³/mol. The van der Waals surface area contributed by atoms with Crippen molar-refractivity contribution < 1.29 is 9.90 Å². The van der Waals surface area contributed by atoms with E-state index in [2.05, 4.69) is 27.7 Å². The average molecular weight is 228 g/mol. The van der Waals surface area contributed by atoms with Crippen molar-refractivity contribution in [3.8, 4) is 0 Å². The zero-order valence-corrected chi connectivity index (χ0v) is 11.8. The molecule has 0 amide bonds. The van der Waals surface area contributed by atoms with Crippen LogP contribution >= 0.6 is 0 Å². The highest BCUT2D eigenvalue weighted by Crippen LogP contribution is 2.38. The molecule has 0 rings (SSSR count). The Morgan fingerprint density at radius 1 is 1.12 bits per heavy atom. The fourth-order valence-electron chi connectivity index (χ4n) is 2.71. The molecule has 0 aromatic carbocycles. The van der Waals surface area contributed by atoms with Crippen LogP contribution < -0.4 is 0 Å². The lowest BCUT2D eigenvalue weighted by Crippen LogP contribution is -2.32. The molecule has 0 aromatic rings. The monoisotopic (exact) mass is 228 g/mol. The van der Waals surface area contributed by atoms with Gasteiger partial charge in [-0.1, -0.05) is 41.5 Å². The summed E-state index contributed by atoms with van der Waals surface area (Å²) < 4.78 is 0. The van der Waals surface area contributed by atoms with Gasteiger partial charge in [0.25, 0.3) is 0 Å². The summed E-state index contributed by atoms with van der Waals surface area (Å²) in [6, 6.07) is 0. The molecular formula is C14H28O2. The van der Waals surface area contributed by atoms with Gasteiger partial charge in [-0.25, -0.2) is 0 Å². The molecular weight excluding hydrogens is 200 g/mol. The van der Waals surface area contributed by atoms with Crippen molar-refractivity contribution in [2.45, 2.75) is 67.2 Å². The third kappa shape index (κ3) is 4.54. The van der Waals surface area contributed by atoms with Crippen molar-refractivity contribution in [3.05, 3.63) is 0 Å². The van der Waals surface area contributed by atoms with Crippen molar-refractivity contribution in [1.29, 1.82) is 0 Å². The van der Waals surface area contributed by atoms with Gasteiger partial charge < -0.3 is 5.11 Å². The van der Waals surface area contributed by atoms with E-state index in [1.165, 1.54) is 0 Å². The molecule has 0 radical (unpaired) electrons. The van der Waals surface area contributed by atoms with Gasteiger partial charge in [-0.2, -0.15) is 0 Å². The fourth-order valence-corrected chi connectivity index (χ4v) is 2.71. The van der Waals surface area contributed by atoms with Crippen LogP contribution in [-0.4, -0.2) is 11.1 Å². The Balaban J connectivity index is 4.58. The molecule has 2 nitrogen and oxygen atoms in total. The first-order valence-electron chi connectivity index (χ1n) is 6.40. The first-order chi connectivity index (χ1) is 7.17. The molecule has 0 aliphatic heterocycles. The maximum atomic E-state index is 11.4. The fraction of sp³-hybridized carbons (Fsp3) is 0.929. The van der Waals surface area contributed by atoms with Crippen LogP contribution in [0.15, 0.2) is 0 Å². The van der Waals surface area contributed by atoms with Crippen LogP contribution in [0.2, 0.25) is 0 Å². The standard InChI is InChI=1S/C14H28O2/c1-7-14(8-2,12(15)16)10-11(3)9-13(4,5)6/h11H,7-10H2,1-6H3,(H,15,16). The Morgan fingerprint density at radius 2 is 1.56 bits per heavy atom. The van der Waals surface area contributed by atoms with Crippen molar-refractivity contribution in [1.82, 2.24) is 0 Å². The second-order valence-electron chi connectivity index (χ2n) is 6.37. The van der Waals surface area contributed by atoms with Crippen LogP contribution in [0.25, 0.3) is 0 Å². The third-order valence-corrected chi connectivity index (χ3v) is 3.51. The second kappa shape index (κ2) is 5.70. The van der Waals surface area contributed by atoms with Gasteiger partial charge in [-0.15, -0.1) is 0 Å². The topological polar surface area (TPSA) is 37.3 Å². The van der Waals surface area contributed by atoms with E-state index in [4.69, 9.17) is 0 Å². The Labute approximate surface area is 100 Å². The van der Waals surface area contributed by atoms with Crippen molar-refractivity contribution >= 4 is 5.97 Å². The Hall–Kier alpha value is -0.530. The van der Waals surface area contributed by atoms with Crippen molar-refractivity contribution in [2.24, 2.45) is 16.7 Å². The summed E-state index contributed by atoms with van der Waals surface area (Å²) in [4.78, 5) is 11.4. The number of hydrogen-bond acceptors (Lipinski definition) is 1. The molecule has 0 spiro atoms. The highest BCUT2D eigenvalue weighted by molar-refractivity contribution is 5.74. The van der Waals surface area contributed by atoms with Gasteiger partial charge in [0, 0.05) is 0 Å². The van der Waals surface area contributed by atoms with Crippen molar-refractivity contribution in [2.75, 3.05) is 0 Å². The van der Waals surface area contributed by atoms with E-state index in [1.807, 2.05) is 13.8 Å². The zero-order valence-electron chi connectivity index (χ0n) is 11.8. The number of hydrogen-bond donors (Lipinski definition) is 1. The van der Waals surface area contributed by atoms with Crippen LogP contribution in [0.5, 0.6) is 0 Å². The Bertz CT molecular complexity index is 221. The minimum atomic E-state index is -0.627. The van der Waals surface area contributed by atoms with E-state index < -0.39 is 11.4 Å². The van der Waals surface area contributed by atoms with Gasteiger partial charge in [0.05, 0.1) is 5.41 Å². The molecule has 16 heavy (non-hydrogen) atoms. The molecule has 0 heterocycles. The van der Waals surface area contributed by atoms with Crippen LogP contribution in [-0.2, 0) is 4.79 Å². The van der Waals surface area contributed by atoms with E-state index in [0.29, 0.717) is 5.92 Å². The number of rotatable bonds is 6. The van der Waals surface area contributed by atoms with Gasteiger partial charge in [0.2, 0.25) is 0 Å². The number of carboxylic acids is 1. The van der Waals surface area contributed by atoms with Gasteiger partial charge in [0.15, 0.2) is 0 Å². The molecule has 1 N–H and O–H groups in total. The molecule has 0 saturated carbocycles. The summed E-state index contributed by atoms with van der Waals surface area (Å²) in [6.45, 7) is 12.8. The molecule has 0 fully saturated rings. The van der Waals surface area contributed by atoms with Gasteiger partial charge >= 0.3 is 5.97 Å². The maximum Gasteiger partial charge on any atom is 0.309 e. The number of aliphatic carboxylic acids is 1. The summed E-state index contributed by atoms with van der Waals surface area (Å²) in [5.41, 5.74) is -0.226. The number of carboxylic acid groups (broad SMARTS) is 1. The summed E-state index contributed by atoms with van der Waals surface area (Å²) in [7, 11) is 0.